The molecule has 0 spiro atoms. The van der Waals surface area contributed by atoms with Crippen LogP contribution in [0.4, 0.5) is 5.69 Å². The van der Waals surface area contributed by atoms with Gasteiger partial charge >= 0.3 is 0 Å². The molecule has 0 bridgehead atoms. The monoisotopic (exact) mass is 136 g/mol. The van der Waals surface area contributed by atoms with Gasteiger partial charge < -0.3 is 10.8 Å². The van der Waals surface area contributed by atoms with Crippen LogP contribution in [-0.4, -0.2) is 10.1 Å². The first-order chi connectivity index (χ1) is 4.70. The maximum atomic E-state index is 8.82. The highest BCUT2D eigenvalue weighted by Gasteiger charge is 1.94. The fourth-order valence-electron chi connectivity index (χ4n) is 0.576. The van der Waals surface area contributed by atoms with Crippen molar-refractivity contribution in [3.8, 4) is 0 Å². The molecule has 0 amide bonds. The van der Waals surface area contributed by atoms with Crippen molar-refractivity contribution in [2.75, 3.05) is 5.73 Å². The van der Waals surface area contributed by atoms with Gasteiger partial charge in [0.2, 0.25) is 0 Å². The third kappa shape index (κ3) is 1.25. The van der Waals surface area contributed by atoms with E-state index in [2.05, 4.69) is 11.6 Å². The molecule has 0 aliphatic carbocycles. The molecule has 1 aromatic heterocycles. The molecule has 0 aliphatic rings. The summed E-state index contributed by atoms with van der Waals surface area (Å²) < 4.78 is 0. The average molecular weight is 136 g/mol. The third-order valence-electron chi connectivity index (χ3n) is 1.08. The van der Waals surface area contributed by atoms with Gasteiger partial charge in [-0.2, -0.15) is 0 Å². The number of nitrogens with zero attached hydrogens (tertiary/aromatic N) is 1. The van der Waals surface area contributed by atoms with Crippen LogP contribution in [0.1, 0.15) is 5.69 Å². The van der Waals surface area contributed by atoms with Crippen molar-refractivity contribution in [3.63, 3.8) is 0 Å². The van der Waals surface area contributed by atoms with Crippen molar-refractivity contribution < 1.29 is 5.11 Å². The predicted octanol–water partition coefficient (Wildman–Crippen LogP) is 1.19. The van der Waals surface area contributed by atoms with E-state index in [4.69, 9.17) is 10.8 Å². The van der Waals surface area contributed by atoms with Crippen LogP contribution in [-0.2, 0) is 0 Å². The van der Waals surface area contributed by atoms with E-state index in [0.29, 0.717) is 11.4 Å². The zero-order valence-electron chi connectivity index (χ0n) is 5.41. The van der Waals surface area contributed by atoms with Gasteiger partial charge in [0.15, 0.2) is 0 Å². The van der Waals surface area contributed by atoms with E-state index in [1.54, 1.807) is 12.1 Å². The first-order valence-electron chi connectivity index (χ1n) is 2.80. The van der Waals surface area contributed by atoms with Crippen LogP contribution in [0, 0.1) is 0 Å². The molecule has 0 fully saturated rings. The molecule has 0 saturated carbocycles. The van der Waals surface area contributed by atoms with Gasteiger partial charge in [-0.3, -0.25) is 4.98 Å². The molecule has 1 rings (SSSR count). The minimum atomic E-state index is -0.0417. The zero-order valence-corrected chi connectivity index (χ0v) is 5.41. The second kappa shape index (κ2) is 2.39. The summed E-state index contributed by atoms with van der Waals surface area (Å²) in [5.41, 5.74) is 6.38. The number of aliphatic hydroxyl groups is 1. The lowest BCUT2D eigenvalue weighted by molar-refractivity contribution is 0.510. The summed E-state index contributed by atoms with van der Waals surface area (Å²) in [5.74, 6) is -0.0417. The molecule has 0 unspecified atom stereocenters. The van der Waals surface area contributed by atoms with Crippen LogP contribution in [0.2, 0.25) is 0 Å². The van der Waals surface area contributed by atoms with Gasteiger partial charge in [-0.05, 0) is 12.1 Å². The van der Waals surface area contributed by atoms with Crippen molar-refractivity contribution >= 4 is 11.4 Å². The maximum absolute atomic E-state index is 8.82. The normalized spacial score (nSPS) is 9.20. The van der Waals surface area contributed by atoms with Gasteiger partial charge in [0, 0.05) is 0 Å². The van der Waals surface area contributed by atoms with Crippen molar-refractivity contribution in [2.24, 2.45) is 0 Å². The second-order valence-corrected chi connectivity index (χ2v) is 1.92. The minimum absolute atomic E-state index is 0.0417. The summed E-state index contributed by atoms with van der Waals surface area (Å²) in [6.45, 7) is 3.31. The number of pyridine rings is 1. The Morgan fingerprint density at radius 3 is 2.70 bits per heavy atom. The lowest BCUT2D eigenvalue weighted by atomic mass is 10.3. The number of hydrogen-bond acceptors (Lipinski definition) is 3. The fourth-order valence-corrected chi connectivity index (χ4v) is 0.576. The lowest BCUT2D eigenvalue weighted by Crippen LogP contribution is -1.89. The largest absolute Gasteiger partial charge is 0.506 e. The predicted molar refractivity (Wildman–Crippen MR) is 40.3 cm³/mol. The van der Waals surface area contributed by atoms with Crippen molar-refractivity contribution in [3.05, 3.63) is 30.6 Å². The number of anilines is 1. The Morgan fingerprint density at radius 1 is 1.60 bits per heavy atom. The fraction of sp³-hybridized carbons (Fsp3) is 0. The Labute approximate surface area is 58.8 Å². The molecule has 52 valence electrons. The van der Waals surface area contributed by atoms with Crippen molar-refractivity contribution in [2.45, 2.75) is 0 Å². The summed E-state index contributed by atoms with van der Waals surface area (Å²) >= 11 is 0. The molecule has 1 heterocycles. The molecule has 3 N–H and O–H groups in total. The first-order valence-corrected chi connectivity index (χ1v) is 2.80. The molecular weight excluding hydrogens is 128 g/mol. The summed E-state index contributed by atoms with van der Waals surface area (Å²) in [6, 6.07) is 3.27. The van der Waals surface area contributed by atoms with Crippen molar-refractivity contribution in [1.82, 2.24) is 4.98 Å². The first kappa shape index (κ1) is 6.61. The Morgan fingerprint density at radius 2 is 2.30 bits per heavy atom. The highest BCUT2D eigenvalue weighted by molar-refractivity contribution is 5.53. The molecule has 10 heavy (non-hydrogen) atoms. The lowest BCUT2D eigenvalue weighted by Gasteiger charge is -1.95. The quantitative estimate of drug-likeness (QED) is 0.570. The Bertz CT molecular complexity index is 240. The number of rotatable bonds is 1. The van der Waals surface area contributed by atoms with Crippen LogP contribution >= 0.6 is 0 Å². The number of hydrogen-bond donors (Lipinski definition) is 2. The molecule has 0 radical (unpaired) electrons. The van der Waals surface area contributed by atoms with E-state index < -0.39 is 0 Å². The molecule has 3 nitrogen and oxygen atoms in total. The molecular formula is C7H8N2O. The Balaban J connectivity index is 3.00. The average Bonchev–Trinajstić information content (AvgIpc) is 1.88. The van der Waals surface area contributed by atoms with E-state index in [1.165, 1.54) is 6.20 Å². The Hall–Kier alpha value is -1.51. The summed E-state index contributed by atoms with van der Waals surface area (Å²) in [4.78, 5) is 3.80. The van der Waals surface area contributed by atoms with Gasteiger partial charge in [-0.1, -0.05) is 6.58 Å². The van der Waals surface area contributed by atoms with Crippen LogP contribution in [0.5, 0.6) is 0 Å². The zero-order chi connectivity index (χ0) is 7.56. The minimum Gasteiger partial charge on any atom is -0.506 e. The number of nitrogen functional groups attached to an aromatic ring is 1. The highest BCUT2D eigenvalue weighted by Crippen LogP contribution is 2.06. The molecule has 1 aromatic rings. The SMILES string of the molecule is C=C(O)c1ccc(N)cn1. The summed E-state index contributed by atoms with van der Waals surface area (Å²) in [5, 5.41) is 8.82. The van der Waals surface area contributed by atoms with Crippen molar-refractivity contribution in [1.29, 1.82) is 0 Å². The topological polar surface area (TPSA) is 59.1 Å². The van der Waals surface area contributed by atoms with Crippen LogP contribution in [0.3, 0.4) is 0 Å². The number of nitrogens with two attached hydrogens (primary N) is 1. The van der Waals surface area contributed by atoms with Gasteiger partial charge in [-0.25, -0.2) is 0 Å². The van der Waals surface area contributed by atoms with Crippen LogP contribution in [0.25, 0.3) is 5.76 Å². The van der Waals surface area contributed by atoms with Gasteiger partial charge in [-0.15, -0.1) is 0 Å². The standard InChI is InChI=1S/C7H8N2O/c1-5(10)7-3-2-6(8)4-9-7/h2-4,10H,1,8H2. The second-order valence-electron chi connectivity index (χ2n) is 1.92. The van der Waals surface area contributed by atoms with Gasteiger partial charge in [0.25, 0.3) is 0 Å². The molecule has 0 saturated heterocycles. The van der Waals surface area contributed by atoms with Crippen LogP contribution < -0.4 is 5.73 Å². The van der Waals surface area contributed by atoms with E-state index in [0.717, 1.165) is 0 Å². The van der Waals surface area contributed by atoms with Gasteiger partial charge in [0.05, 0.1) is 11.9 Å². The number of aromatic nitrogens is 1. The number of aliphatic hydroxyl groups excluding tert-OH is 1. The van der Waals surface area contributed by atoms with E-state index in [9.17, 15) is 0 Å². The highest BCUT2D eigenvalue weighted by atomic mass is 16.3. The summed E-state index contributed by atoms with van der Waals surface area (Å²) in [6.07, 6.45) is 1.47. The van der Waals surface area contributed by atoms with Crippen LogP contribution in [0.15, 0.2) is 24.9 Å². The molecule has 0 atom stereocenters. The summed E-state index contributed by atoms with van der Waals surface area (Å²) in [7, 11) is 0. The van der Waals surface area contributed by atoms with E-state index >= 15 is 0 Å². The Kier molecular flexibility index (Phi) is 1.58. The third-order valence-corrected chi connectivity index (χ3v) is 1.08. The molecule has 3 heteroatoms. The van der Waals surface area contributed by atoms with Gasteiger partial charge in [0.1, 0.15) is 11.5 Å². The maximum Gasteiger partial charge on any atom is 0.134 e. The molecule has 0 aliphatic heterocycles. The van der Waals surface area contributed by atoms with E-state index in [1.807, 2.05) is 0 Å². The molecule has 0 aromatic carbocycles. The smallest absolute Gasteiger partial charge is 0.134 e. The van der Waals surface area contributed by atoms with E-state index in [-0.39, 0.29) is 5.76 Å².